The number of nitro groups is 1. The molecule has 1 rings (SSSR count). The van der Waals surface area contributed by atoms with Gasteiger partial charge >= 0.3 is 0 Å². The Labute approximate surface area is 74.5 Å². The molecule has 1 aromatic rings. The quantitative estimate of drug-likeness (QED) is 0.429. The van der Waals surface area contributed by atoms with Crippen LogP contribution >= 0.6 is 0 Å². The Morgan fingerprint density at radius 2 is 2.15 bits per heavy atom. The fourth-order valence-corrected chi connectivity index (χ4v) is 0.934. The van der Waals surface area contributed by atoms with Crippen LogP contribution in [0.5, 0.6) is 0 Å². The van der Waals surface area contributed by atoms with Gasteiger partial charge in [0.15, 0.2) is 0 Å². The third-order valence-electron chi connectivity index (χ3n) is 1.48. The maximum atomic E-state index is 10.5. The molecule has 1 N–H and O–H groups in total. The van der Waals surface area contributed by atoms with Crippen LogP contribution in [0, 0.1) is 10.1 Å². The number of hydrogen-bond donors (Lipinski definition) is 1. The normalized spacial score (nSPS) is 9.23. The molecule has 0 fully saturated rings. The molecule has 1 aromatic carbocycles. The second-order valence-electron chi connectivity index (χ2n) is 2.32. The number of carbonyl (C=O) groups is 1. The number of para-hydroxylation sites is 2. The smallest absolute Gasteiger partial charge is 0.292 e. The molecule has 0 bridgehead atoms. The molecule has 0 aliphatic heterocycles. The van der Waals surface area contributed by atoms with E-state index in [0.717, 1.165) is 0 Å². The lowest BCUT2D eigenvalue weighted by Gasteiger charge is -2.01. The molecular weight excluding hydrogens is 172 g/mol. The van der Waals surface area contributed by atoms with E-state index in [0.29, 0.717) is 12.0 Å². The zero-order valence-electron chi connectivity index (χ0n) is 6.77. The van der Waals surface area contributed by atoms with E-state index in [4.69, 9.17) is 0 Å². The van der Waals surface area contributed by atoms with Gasteiger partial charge < -0.3 is 10.1 Å². The lowest BCUT2D eigenvalue weighted by molar-refractivity contribution is -0.383. The average molecular weight is 180 g/mol. The Morgan fingerprint density at radius 1 is 1.46 bits per heavy atom. The Balaban J connectivity index is 2.90. The highest BCUT2D eigenvalue weighted by Gasteiger charge is 2.10. The van der Waals surface area contributed by atoms with Crippen molar-refractivity contribution in [2.45, 2.75) is 0 Å². The van der Waals surface area contributed by atoms with E-state index in [1.807, 2.05) is 0 Å². The predicted molar refractivity (Wildman–Crippen MR) is 47.7 cm³/mol. The molecule has 0 aromatic heterocycles. The fraction of sp³-hybridized carbons (Fsp3) is 0.125. The minimum atomic E-state index is -0.493. The van der Waals surface area contributed by atoms with Gasteiger partial charge in [-0.25, -0.2) is 0 Å². The summed E-state index contributed by atoms with van der Waals surface area (Å²) in [5.41, 5.74) is 0.337. The van der Waals surface area contributed by atoms with Crippen molar-refractivity contribution in [3.05, 3.63) is 34.4 Å². The van der Waals surface area contributed by atoms with Gasteiger partial charge in [-0.05, 0) is 6.07 Å². The van der Waals surface area contributed by atoms with Crippen molar-refractivity contribution in [1.29, 1.82) is 0 Å². The molecule has 0 saturated heterocycles. The van der Waals surface area contributed by atoms with Gasteiger partial charge in [0, 0.05) is 6.07 Å². The van der Waals surface area contributed by atoms with Crippen LogP contribution in [0.15, 0.2) is 24.3 Å². The maximum absolute atomic E-state index is 10.5. The lowest BCUT2D eigenvalue weighted by Crippen LogP contribution is -2.04. The van der Waals surface area contributed by atoms with Crippen LogP contribution in [-0.4, -0.2) is 17.8 Å². The Hall–Kier alpha value is -1.91. The Morgan fingerprint density at radius 3 is 2.77 bits per heavy atom. The van der Waals surface area contributed by atoms with E-state index in [1.165, 1.54) is 6.07 Å². The van der Waals surface area contributed by atoms with Crippen LogP contribution in [-0.2, 0) is 4.79 Å². The third kappa shape index (κ3) is 2.26. The zero-order chi connectivity index (χ0) is 9.68. The van der Waals surface area contributed by atoms with Crippen LogP contribution in [0.3, 0.4) is 0 Å². The van der Waals surface area contributed by atoms with Crippen LogP contribution in [0.1, 0.15) is 0 Å². The molecule has 0 unspecified atom stereocenters. The van der Waals surface area contributed by atoms with Crippen molar-refractivity contribution in [3.63, 3.8) is 0 Å². The van der Waals surface area contributed by atoms with E-state index in [1.54, 1.807) is 18.2 Å². The van der Waals surface area contributed by atoms with Crippen molar-refractivity contribution in [1.82, 2.24) is 0 Å². The van der Waals surface area contributed by atoms with Crippen LogP contribution < -0.4 is 5.32 Å². The molecule has 5 nitrogen and oxygen atoms in total. The van der Waals surface area contributed by atoms with E-state index in [9.17, 15) is 14.9 Å². The monoisotopic (exact) mass is 180 g/mol. The number of rotatable bonds is 4. The van der Waals surface area contributed by atoms with Crippen molar-refractivity contribution in [2.75, 3.05) is 11.9 Å². The number of nitro benzene ring substituents is 1. The molecule has 0 aliphatic rings. The second kappa shape index (κ2) is 4.20. The predicted octanol–water partition coefficient (Wildman–Crippen LogP) is 1.21. The first-order valence-electron chi connectivity index (χ1n) is 3.66. The molecule has 13 heavy (non-hydrogen) atoms. The minimum Gasteiger partial charge on any atom is -0.373 e. The SMILES string of the molecule is O=CCNc1ccccc1[N+](=O)[O-]. The summed E-state index contributed by atoms with van der Waals surface area (Å²) in [7, 11) is 0. The number of hydrogen-bond acceptors (Lipinski definition) is 4. The summed E-state index contributed by atoms with van der Waals surface area (Å²) in [5.74, 6) is 0. The van der Waals surface area contributed by atoms with Gasteiger partial charge in [-0.3, -0.25) is 10.1 Å². The van der Waals surface area contributed by atoms with Crippen molar-refractivity contribution >= 4 is 17.7 Å². The highest BCUT2D eigenvalue weighted by atomic mass is 16.6. The summed E-state index contributed by atoms with van der Waals surface area (Å²) in [5, 5.41) is 13.1. The standard InChI is InChI=1S/C8H8N2O3/c11-6-5-9-7-3-1-2-4-8(7)10(12)13/h1-4,6,9H,5H2. The first kappa shape index (κ1) is 9.18. The summed E-state index contributed by atoms with van der Waals surface area (Å²) >= 11 is 0. The van der Waals surface area contributed by atoms with Gasteiger partial charge in [-0.1, -0.05) is 12.1 Å². The van der Waals surface area contributed by atoms with Crippen molar-refractivity contribution < 1.29 is 9.72 Å². The lowest BCUT2D eigenvalue weighted by atomic mass is 10.2. The number of nitrogens with one attached hydrogen (secondary N) is 1. The van der Waals surface area contributed by atoms with Gasteiger partial charge in [0.05, 0.1) is 11.5 Å². The number of benzene rings is 1. The molecule has 0 atom stereocenters. The van der Waals surface area contributed by atoms with Crippen LogP contribution in [0.2, 0.25) is 0 Å². The second-order valence-corrected chi connectivity index (χ2v) is 2.32. The average Bonchev–Trinajstić information content (AvgIpc) is 2.15. The summed E-state index contributed by atoms with van der Waals surface area (Å²) < 4.78 is 0. The molecule has 5 heteroatoms. The number of anilines is 1. The molecule has 0 aliphatic carbocycles. The molecule has 0 amide bonds. The molecule has 68 valence electrons. The highest BCUT2D eigenvalue weighted by molar-refractivity contribution is 5.66. The van der Waals surface area contributed by atoms with Gasteiger partial charge in [0.2, 0.25) is 0 Å². The molecule has 0 radical (unpaired) electrons. The Bertz CT molecular complexity index is 325. The van der Waals surface area contributed by atoms with Crippen LogP contribution in [0.4, 0.5) is 11.4 Å². The number of carbonyl (C=O) groups excluding carboxylic acids is 1. The summed E-state index contributed by atoms with van der Waals surface area (Å²) in [6.45, 7) is 0.0743. The van der Waals surface area contributed by atoms with E-state index in [-0.39, 0.29) is 12.2 Å². The largest absolute Gasteiger partial charge is 0.373 e. The summed E-state index contributed by atoms with van der Waals surface area (Å²) in [6, 6.07) is 6.18. The zero-order valence-corrected chi connectivity index (χ0v) is 6.77. The third-order valence-corrected chi connectivity index (χ3v) is 1.48. The summed E-state index contributed by atoms with van der Waals surface area (Å²) in [6.07, 6.45) is 0.650. The topological polar surface area (TPSA) is 72.2 Å². The Kier molecular flexibility index (Phi) is 2.97. The first-order valence-corrected chi connectivity index (χ1v) is 3.66. The highest BCUT2D eigenvalue weighted by Crippen LogP contribution is 2.22. The molecule has 0 heterocycles. The van der Waals surface area contributed by atoms with Gasteiger partial charge in [-0.15, -0.1) is 0 Å². The summed E-state index contributed by atoms with van der Waals surface area (Å²) in [4.78, 5) is 20.0. The molecule has 0 saturated carbocycles. The van der Waals surface area contributed by atoms with Gasteiger partial charge in [0.1, 0.15) is 12.0 Å². The minimum absolute atomic E-state index is 0.0237. The van der Waals surface area contributed by atoms with Crippen LogP contribution in [0.25, 0.3) is 0 Å². The van der Waals surface area contributed by atoms with Gasteiger partial charge in [0.25, 0.3) is 5.69 Å². The first-order chi connectivity index (χ1) is 6.25. The van der Waals surface area contributed by atoms with E-state index in [2.05, 4.69) is 5.32 Å². The number of aldehydes is 1. The van der Waals surface area contributed by atoms with Gasteiger partial charge in [-0.2, -0.15) is 0 Å². The molecule has 0 spiro atoms. The van der Waals surface area contributed by atoms with Crippen molar-refractivity contribution in [3.8, 4) is 0 Å². The van der Waals surface area contributed by atoms with E-state index >= 15 is 0 Å². The van der Waals surface area contributed by atoms with E-state index < -0.39 is 4.92 Å². The van der Waals surface area contributed by atoms with Crippen molar-refractivity contribution in [2.24, 2.45) is 0 Å². The maximum Gasteiger partial charge on any atom is 0.292 e. The number of nitrogens with zero attached hydrogens (tertiary/aromatic N) is 1. The fourth-order valence-electron chi connectivity index (χ4n) is 0.934. The molecular formula is C8H8N2O3.